The third kappa shape index (κ3) is 4.49. The average molecular weight is 251 g/mol. The maximum Gasteiger partial charge on any atom is 0.134 e. The van der Waals surface area contributed by atoms with Crippen LogP contribution < -0.4 is 10.6 Å². The number of aryl methyl sites for hydroxylation is 1. The van der Waals surface area contributed by atoms with E-state index in [9.17, 15) is 0 Å². The van der Waals surface area contributed by atoms with Crippen LogP contribution in [-0.4, -0.2) is 48.6 Å². The molecule has 0 spiro atoms. The summed E-state index contributed by atoms with van der Waals surface area (Å²) in [6.07, 6.45) is 1.91. The summed E-state index contributed by atoms with van der Waals surface area (Å²) in [5, 5.41) is 0. The van der Waals surface area contributed by atoms with Crippen molar-refractivity contribution in [2.75, 3.05) is 44.4 Å². The van der Waals surface area contributed by atoms with Gasteiger partial charge in [0.25, 0.3) is 0 Å². The number of rotatable bonds is 7. The van der Waals surface area contributed by atoms with E-state index in [1.807, 2.05) is 13.0 Å². The lowest BCUT2D eigenvalue weighted by Gasteiger charge is -2.25. The van der Waals surface area contributed by atoms with Crippen molar-refractivity contribution >= 4 is 11.6 Å². The molecule has 1 rings (SSSR count). The molecule has 0 fully saturated rings. The van der Waals surface area contributed by atoms with E-state index in [0.717, 1.165) is 44.1 Å². The lowest BCUT2D eigenvalue weighted by molar-refractivity contribution is 0.412. The highest BCUT2D eigenvalue weighted by Crippen LogP contribution is 2.14. The number of aromatic nitrogens is 2. The topological polar surface area (TPSA) is 58.3 Å². The molecule has 0 aromatic carbocycles. The SMILES string of the molecule is CCCN(CCN(C)C)c1cc(N)nc(CC)n1. The highest BCUT2D eigenvalue weighted by atomic mass is 15.2. The first-order valence-electron chi connectivity index (χ1n) is 6.59. The maximum atomic E-state index is 5.84. The van der Waals surface area contributed by atoms with Crippen LogP contribution in [0.3, 0.4) is 0 Å². The van der Waals surface area contributed by atoms with Crippen LogP contribution in [0.15, 0.2) is 6.07 Å². The third-order valence-electron chi connectivity index (χ3n) is 2.73. The monoisotopic (exact) mass is 251 g/mol. The van der Waals surface area contributed by atoms with E-state index in [1.165, 1.54) is 0 Å². The summed E-state index contributed by atoms with van der Waals surface area (Å²) in [4.78, 5) is 13.2. The van der Waals surface area contributed by atoms with Gasteiger partial charge in [-0.15, -0.1) is 0 Å². The summed E-state index contributed by atoms with van der Waals surface area (Å²) >= 11 is 0. The quantitative estimate of drug-likeness (QED) is 0.794. The Bertz CT molecular complexity index is 364. The van der Waals surface area contributed by atoms with Crippen LogP contribution in [0.25, 0.3) is 0 Å². The Morgan fingerprint density at radius 3 is 2.39 bits per heavy atom. The number of anilines is 2. The Morgan fingerprint density at radius 2 is 1.83 bits per heavy atom. The molecule has 0 saturated heterocycles. The number of nitrogens with two attached hydrogens (primary N) is 1. The van der Waals surface area contributed by atoms with E-state index in [-0.39, 0.29) is 0 Å². The summed E-state index contributed by atoms with van der Waals surface area (Å²) in [6, 6.07) is 1.87. The molecule has 1 heterocycles. The van der Waals surface area contributed by atoms with Crippen molar-refractivity contribution < 1.29 is 0 Å². The minimum absolute atomic E-state index is 0.558. The average Bonchev–Trinajstić information content (AvgIpc) is 2.33. The predicted molar refractivity (Wildman–Crippen MR) is 76.9 cm³/mol. The Kier molecular flexibility index (Phi) is 5.85. The lowest BCUT2D eigenvalue weighted by atomic mass is 10.3. The van der Waals surface area contributed by atoms with Crippen molar-refractivity contribution in [2.24, 2.45) is 0 Å². The Balaban J connectivity index is 2.86. The zero-order valence-electron chi connectivity index (χ0n) is 12.0. The highest BCUT2D eigenvalue weighted by Gasteiger charge is 2.10. The molecular formula is C13H25N5. The number of nitrogens with zero attached hydrogens (tertiary/aromatic N) is 4. The molecule has 5 heteroatoms. The number of hydrogen-bond donors (Lipinski definition) is 1. The molecule has 5 nitrogen and oxygen atoms in total. The summed E-state index contributed by atoms with van der Waals surface area (Å²) in [6.45, 7) is 7.18. The summed E-state index contributed by atoms with van der Waals surface area (Å²) < 4.78 is 0. The van der Waals surface area contributed by atoms with Gasteiger partial charge < -0.3 is 15.5 Å². The van der Waals surface area contributed by atoms with Crippen molar-refractivity contribution in [3.63, 3.8) is 0 Å². The largest absolute Gasteiger partial charge is 0.384 e. The number of likely N-dealkylation sites (N-methyl/N-ethyl adjacent to an activating group) is 1. The molecule has 0 aliphatic rings. The zero-order valence-corrected chi connectivity index (χ0v) is 12.0. The minimum atomic E-state index is 0.558. The third-order valence-corrected chi connectivity index (χ3v) is 2.73. The first kappa shape index (κ1) is 14.7. The molecule has 102 valence electrons. The second-order valence-electron chi connectivity index (χ2n) is 4.71. The summed E-state index contributed by atoms with van der Waals surface area (Å²) in [7, 11) is 4.16. The summed E-state index contributed by atoms with van der Waals surface area (Å²) in [5.41, 5.74) is 5.84. The van der Waals surface area contributed by atoms with Gasteiger partial charge >= 0.3 is 0 Å². The van der Waals surface area contributed by atoms with Gasteiger partial charge in [-0.05, 0) is 20.5 Å². The van der Waals surface area contributed by atoms with Gasteiger partial charge in [0.1, 0.15) is 17.5 Å². The van der Waals surface area contributed by atoms with Crippen LogP contribution in [0.1, 0.15) is 26.1 Å². The van der Waals surface area contributed by atoms with E-state index in [0.29, 0.717) is 5.82 Å². The van der Waals surface area contributed by atoms with Crippen LogP contribution in [0.5, 0.6) is 0 Å². The van der Waals surface area contributed by atoms with Gasteiger partial charge in [0.05, 0.1) is 0 Å². The molecule has 0 saturated carbocycles. The van der Waals surface area contributed by atoms with Gasteiger partial charge in [-0.1, -0.05) is 13.8 Å². The van der Waals surface area contributed by atoms with E-state index in [4.69, 9.17) is 5.73 Å². The Hall–Kier alpha value is -1.36. The fraction of sp³-hybridized carbons (Fsp3) is 0.692. The fourth-order valence-electron chi connectivity index (χ4n) is 1.75. The maximum absolute atomic E-state index is 5.84. The first-order chi connectivity index (χ1) is 8.56. The molecule has 1 aromatic heterocycles. The normalized spacial score (nSPS) is 10.9. The highest BCUT2D eigenvalue weighted by molar-refractivity contribution is 5.47. The van der Waals surface area contributed by atoms with Crippen LogP contribution in [0, 0.1) is 0 Å². The smallest absolute Gasteiger partial charge is 0.134 e. The Labute approximate surface area is 110 Å². The predicted octanol–water partition coefficient (Wildman–Crippen LogP) is 1.40. The molecule has 0 bridgehead atoms. The van der Waals surface area contributed by atoms with Gasteiger partial charge in [-0.25, -0.2) is 9.97 Å². The van der Waals surface area contributed by atoms with Crippen molar-refractivity contribution in [3.8, 4) is 0 Å². The Morgan fingerprint density at radius 1 is 1.11 bits per heavy atom. The second-order valence-corrected chi connectivity index (χ2v) is 4.71. The van der Waals surface area contributed by atoms with E-state index in [2.05, 4.69) is 40.8 Å². The van der Waals surface area contributed by atoms with Gasteiger partial charge in [0.2, 0.25) is 0 Å². The van der Waals surface area contributed by atoms with Crippen molar-refractivity contribution in [3.05, 3.63) is 11.9 Å². The van der Waals surface area contributed by atoms with Gasteiger partial charge in [-0.2, -0.15) is 0 Å². The summed E-state index contributed by atoms with van der Waals surface area (Å²) in [5.74, 6) is 2.32. The standard InChI is InChI=1S/C13H25N5/c1-5-7-18(9-8-17(3)4)13-10-11(14)15-12(6-2)16-13/h10H,5-9H2,1-4H3,(H2,14,15,16). The molecule has 1 aromatic rings. The van der Waals surface area contributed by atoms with Crippen molar-refractivity contribution in [1.29, 1.82) is 0 Å². The molecule has 0 atom stereocenters. The van der Waals surface area contributed by atoms with Crippen LogP contribution in [-0.2, 0) is 6.42 Å². The molecule has 0 amide bonds. The van der Waals surface area contributed by atoms with Gasteiger partial charge in [0, 0.05) is 32.1 Å². The number of hydrogen-bond acceptors (Lipinski definition) is 5. The second kappa shape index (κ2) is 7.16. The molecule has 2 N–H and O–H groups in total. The minimum Gasteiger partial charge on any atom is -0.384 e. The molecule has 0 aliphatic heterocycles. The molecule has 18 heavy (non-hydrogen) atoms. The van der Waals surface area contributed by atoms with Crippen LogP contribution >= 0.6 is 0 Å². The van der Waals surface area contributed by atoms with Crippen molar-refractivity contribution in [1.82, 2.24) is 14.9 Å². The van der Waals surface area contributed by atoms with E-state index < -0.39 is 0 Å². The molecule has 0 radical (unpaired) electrons. The van der Waals surface area contributed by atoms with E-state index >= 15 is 0 Å². The van der Waals surface area contributed by atoms with Gasteiger partial charge in [0.15, 0.2) is 0 Å². The molecule has 0 unspecified atom stereocenters. The van der Waals surface area contributed by atoms with E-state index in [1.54, 1.807) is 0 Å². The zero-order chi connectivity index (χ0) is 13.5. The van der Waals surface area contributed by atoms with Crippen LogP contribution in [0.4, 0.5) is 11.6 Å². The van der Waals surface area contributed by atoms with Crippen LogP contribution in [0.2, 0.25) is 0 Å². The van der Waals surface area contributed by atoms with Crippen molar-refractivity contribution in [2.45, 2.75) is 26.7 Å². The first-order valence-corrected chi connectivity index (χ1v) is 6.59. The fourth-order valence-corrected chi connectivity index (χ4v) is 1.75. The lowest BCUT2D eigenvalue weighted by Crippen LogP contribution is -2.33. The molecule has 0 aliphatic carbocycles. The van der Waals surface area contributed by atoms with Gasteiger partial charge in [-0.3, -0.25) is 0 Å². The molecular weight excluding hydrogens is 226 g/mol. The number of nitrogen functional groups attached to an aromatic ring is 1.